The smallest absolute Gasteiger partial charge is 0.248 e. The number of amides is 1. The van der Waals surface area contributed by atoms with Crippen LogP contribution in [0.25, 0.3) is 6.08 Å². The van der Waals surface area contributed by atoms with Gasteiger partial charge in [-0.1, -0.05) is 67.9 Å². The first-order valence-electron chi connectivity index (χ1n) is 10.2. The number of carbonyl (C=O) groups excluding carboxylic acids is 1. The van der Waals surface area contributed by atoms with Gasteiger partial charge in [-0.25, -0.2) is 0 Å². The van der Waals surface area contributed by atoms with Gasteiger partial charge >= 0.3 is 0 Å². The number of hydrogen-bond acceptors (Lipinski definition) is 3. The van der Waals surface area contributed by atoms with E-state index in [1.54, 1.807) is 6.08 Å². The van der Waals surface area contributed by atoms with Crippen LogP contribution in [0.15, 0.2) is 84.9 Å². The third-order valence-electron chi connectivity index (χ3n) is 4.46. The maximum atomic E-state index is 12.3. The molecule has 0 aliphatic rings. The van der Waals surface area contributed by atoms with Crippen LogP contribution < -0.4 is 14.8 Å². The van der Waals surface area contributed by atoms with E-state index in [4.69, 9.17) is 9.47 Å². The van der Waals surface area contributed by atoms with Crippen molar-refractivity contribution in [3.05, 3.63) is 96.1 Å². The van der Waals surface area contributed by atoms with Crippen molar-refractivity contribution in [1.29, 1.82) is 0 Å². The largest absolute Gasteiger partial charge is 0.491 e. The first-order valence-corrected chi connectivity index (χ1v) is 10.2. The predicted octanol–water partition coefficient (Wildman–Crippen LogP) is 6.10. The van der Waals surface area contributed by atoms with E-state index in [-0.39, 0.29) is 5.91 Å². The van der Waals surface area contributed by atoms with Gasteiger partial charge in [-0.3, -0.25) is 4.79 Å². The average molecular weight is 402 g/mol. The first kappa shape index (κ1) is 21.2. The zero-order valence-corrected chi connectivity index (χ0v) is 17.2. The minimum atomic E-state index is -0.203. The number of ether oxygens (including phenoxy) is 2. The summed E-state index contributed by atoms with van der Waals surface area (Å²) in [6.07, 6.45) is 5.33. The van der Waals surface area contributed by atoms with Crippen molar-refractivity contribution in [3.8, 4) is 11.5 Å². The highest BCUT2D eigenvalue weighted by Gasteiger charge is 2.05. The van der Waals surface area contributed by atoms with Crippen molar-refractivity contribution in [2.75, 3.05) is 11.9 Å². The Labute approximate surface area is 178 Å². The Kier molecular flexibility index (Phi) is 8.10. The van der Waals surface area contributed by atoms with Crippen molar-refractivity contribution in [2.24, 2.45) is 0 Å². The maximum absolute atomic E-state index is 12.3. The van der Waals surface area contributed by atoms with Crippen LogP contribution in [-0.2, 0) is 11.4 Å². The van der Waals surface area contributed by atoms with Crippen LogP contribution in [0.1, 0.15) is 30.9 Å². The Bertz CT molecular complexity index is 950. The summed E-state index contributed by atoms with van der Waals surface area (Å²) in [5.41, 5.74) is 2.72. The Morgan fingerprint density at radius 1 is 0.900 bits per heavy atom. The molecule has 1 N–H and O–H groups in total. The fraction of sp³-hybridized carbons (Fsp3) is 0.192. The average Bonchev–Trinajstić information content (AvgIpc) is 2.79. The third kappa shape index (κ3) is 6.82. The van der Waals surface area contributed by atoms with E-state index in [9.17, 15) is 4.79 Å². The van der Waals surface area contributed by atoms with Gasteiger partial charge in [-0.05, 0) is 47.9 Å². The number of carbonyl (C=O) groups is 1. The third-order valence-corrected chi connectivity index (χ3v) is 4.46. The van der Waals surface area contributed by atoms with Gasteiger partial charge in [0.05, 0.1) is 12.3 Å². The Balaban J connectivity index is 1.52. The molecule has 1 amide bonds. The summed E-state index contributed by atoms with van der Waals surface area (Å²) < 4.78 is 11.5. The van der Waals surface area contributed by atoms with E-state index in [0.717, 1.165) is 29.7 Å². The van der Waals surface area contributed by atoms with Crippen LogP contribution in [0.5, 0.6) is 11.5 Å². The van der Waals surface area contributed by atoms with Gasteiger partial charge in [0.2, 0.25) is 5.91 Å². The van der Waals surface area contributed by atoms with Crippen LogP contribution in [0.4, 0.5) is 5.69 Å². The maximum Gasteiger partial charge on any atom is 0.248 e. The fourth-order valence-electron chi connectivity index (χ4n) is 2.78. The van der Waals surface area contributed by atoms with Gasteiger partial charge in [-0.2, -0.15) is 0 Å². The van der Waals surface area contributed by atoms with E-state index < -0.39 is 0 Å². The second-order valence-electron chi connectivity index (χ2n) is 6.86. The van der Waals surface area contributed by atoms with Crippen molar-refractivity contribution in [2.45, 2.75) is 26.4 Å². The molecular formula is C26H27NO3. The van der Waals surface area contributed by atoms with Gasteiger partial charge in [0.1, 0.15) is 18.1 Å². The SMILES string of the molecule is CCCCOc1ccccc1NC(=O)/C=C/c1ccc(OCc2ccccc2)cc1. The van der Waals surface area contributed by atoms with Gasteiger partial charge in [-0.15, -0.1) is 0 Å². The minimum absolute atomic E-state index is 0.203. The van der Waals surface area contributed by atoms with Crippen LogP contribution in [-0.4, -0.2) is 12.5 Å². The van der Waals surface area contributed by atoms with Crippen LogP contribution in [0, 0.1) is 0 Å². The molecule has 0 heterocycles. The van der Waals surface area contributed by atoms with Crippen LogP contribution in [0.3, 0.4) is 0 Å². The lowest BCUT2D eigenvalue weighted by atomic mass is 10.2. The molecule has 154 valence electrons. The van der Waals surface area contributed by atoms with Crippen LogP contribution in [0.2, 0.25) is 0 Å². The van der Waals surface area contributed by atoms with E-state index in [1.807, 2.05) is 78.9 Å². The van der Waals surface area contributed by atoms with Crippen molar-refractivity contribution in [3.63, 3.8) is 0 Å². The summed E-state index contributed by atoms with van der Waals surface area (Å²) in [7, 11) is 0. The number of benzene rings is 3. The molecule has 0 aromatic heterocycles. The number of hydrogen-bond donors (Lipinski definition) is 1. The molecule has 30 heavy (non-hydrogen) atoms. The number of para-hydroxylation sites is 2. The van der Waals surface area contributed by atoms with Gasteiger partial charge in [0.15, 0.2) is 0 Å². The van der Waals surface area contributed by atoms with Gasteiger partial charge in [0, 0.05) is 6.08 Å². The first-order chi connectivity index (χ1) is 14.7. The summed E-state index contributed by atoms with van der Waals surface area (Å²) in [4.78, 5) is 12.3. The number of rotatable bonds is 10. The molecule has 4 nitrogen and oxygen atoms in total. The molecule has 0 aliphatic carbocycles. The van der Waals surface area contributed by atoms with E-state index >= 15 is 0 Å². The molecule has 3 aromatic carbocycles. The highest BCUT2D eigenvalue weighted by atomic mass is 16.5. The molecule has 0 saturated carbocycles. The normalized spacial score (nSPS) is 10.7. The Hall–Kier alpha value is -3.53. The molecule has 0 spiro atoms. The zero-order valence-electron chi connectivity index (χ0n) is 17.2. The number of anilines is 1. The highest BCUT2D eigenvalue weighted by molar-refractivity contribution is 6.02. The molecule has 3 rings (SSSR count). The lowest BCUT2D eigenvalue weighted by Crippen LogP contribution is -2.09. The van der Waals surface area contributed by atoms with Crippen molar-refractivity contribution in [1.82, 2.24) is 0 Å². The summed E-state index contributed by atoms with van der Waals surface area (Å²) in [6, 6.07) is 25.2. The monoisotopic (exact) mass is 401 g/mol. The molecule has 4 heteroatoms. The number of nitrogens with one attached hydrogen (secondary N) is 1. The summed E-state index contributed by atoms with van der Waals surface area (Å²) in [6.45, 7) is 3.28. The minimum Gasteiger partial charge on any atom is -0.491 e. The van der Waals surface area contributed by atoms with Gasteiger partial charge in [0.25, 0.3) is 0 Å². The molecule has 0 unspecified atom stereocenters. The summed E-state index contributed by atoms with van der Waals surface area (Å²) in [5.74, 6) is 1.28. The number of unbranched alkanes of at least 4 members (excludes halogenated alkanes) is 1. The zero-order chi connectivity index (χ0) is 21.0. The van der Waals surface area contributed by atoms with Crippen LogP contribution >= 0.6 is 0 Å². The Morgan fingerprint density at radius 2 is 1.63 bits per heavy atom. The molecule has 0 saturated heterocycles. The lowest BCUT2D eigenvalue weighted by molar-refractivity contribution is -0.111. The fourth-order valence-corrected chi connectivity index (χ4v) is 2.78. The molecule has 3 aromatic rings. The van der Waals surface area contributed by atoms with E-state index in [0.29, 0.717) is 24.7 Å². The van der Waals surface area contributed by atoms with Gasteiger partial charge < -0.3 is 14.8 Å². The van der Waals surface area contributed by atoms with Crippen molar-refractivity contribution >= 4 is 17.7 Å². The summed E-state index contributed by atoms with van der Waals surface area (Å²) >= 11 is 0. The standard InChI is InChI=1S/C26H27NO3/c1-2-3-19-29-25-12-8-7-11-24(25)27-26(28)18-15-21-13-16-23(17-14-21)30-20-22-9-5-4-6-10-22/h4-18H,2-3,19-20H2,1H3,(H,27,28)/b18-15+. The molecule has 0 aliphatic heterocycles. The quantitative estimate of drug-likeness (QED) is 0.330. The topological polar surface area (TPSA) is 47.6 Å². The second kappa shape index (κ2) is 11.5. The predicted molar refractivity (Wildman–Crippen MR) is 122 cm³/mol. The Morgan fingerprint density at radius 3 is 2.40 bits per heavy atom. The highest BCUT2D eigenvalue weighted by Crippen LogP contribution is 2.24. The van der Waals surface area contributed by atoms with E-state index in [2.05, 4.69) is 12.2 Å². The second-order valence-corrected chi connectivity index (χ2v) is 6.86. The molecule has 0 bridgehead atoms. The molecular weight excluding hydrogens is 374 g/mol. The molecule has 0 fully saturated rings. The molecule has 0 radical (unpaired) electrons. The lowest BCUT2D eigenvalue weighted by Gasteiger charge is -2.11. The van der Waals surface area contributed by atoms with Crippen molar-refractivity contribution < 1.29 is 14.3 Å². The molecule has 0 atom stereocenters. The van der Waals surface area contributed by atoms with E-state index in [1.165, 1.54) is 6.08 Å². The summed E-state index contributed by atoms with van der Waals surface area (Å²) in [5, 5.41) is 2.88.